The van der Waals surface area contributed by atoms with E-state index >= 15 is 0 Å². The van der Waals surface area contributed by atoms with Crippen molar-refractivity contribution in [2.45, 2.75) is 33.1 Å². The van der Waals surface area contributed by atoms with E-state index in [0.717, 1.165) is 13.0 Å². The average Bonchev–Trinajstić information content (AvgIpc) is 2.97. The van der Waals surface area contributed by atoms with Crippen LogP contribution in [0.25, 0.3) is 0 Å². The number of nitriles is 1. The van der Waals surface area contributed by atoms with Gasteiger partial charge < -0.3 is 5.11 Å². The van der Waals surface area contributed by atoms with E-state index in [1.807, 2.05) is 18.7 Å². The Morgan fingerprint density at radius 1 is 1.56 bits per heavy atom. The smallest absolute Gasteiger partial charge is 0.317 e. The van der Waals surface area contributed by atoms with E-state index in [1.165, 1.54) is 12.8 Å². The lowest BCUT2D eigenvalue weighted by atomic mass is 9.91. The van der Waals surface area contributed by atoms with Crippen molar-refractivity contribution in [1.82, 2.24) is 4.90 Å². The maximum Gasteiger partial charge on any atom is 0.317 e. The quantitative estimate of drug-likeness (QED) is 0.715. The first-order valence-corrected chi connectivity index (χ1v) is 5.78. The molecule has 1 aliphatic rings. The van der Waals surface area contributed by atoms with Crippen LogP contribution in [0.2, 0.25) is 0 Å². The first kappa shape index (κ1) is 13.0. The first-order chi connectivity index (χ1) is 7.43. The summed E-state index contributed by atoms with van der Waals surface area (Å²) in [6.45, 7) is 5.45. The molecule has 0 amide bonds. The Morgan fingerprint density at radius 2 is 2.19 bits per heavy atom. The van der Waals surface area contributed by atoms with Crippen molar-refractivity contribution in [3.63, 3.8) is 0 Å². The molecule has 0 spiro atoms. The molecule has 0 radical (unpaired) electrons. The van der Waals surface area contributed by atoms with Crippen LogP contribution >= 0.6 is 0 Å². The molecule has 0 aromatic rings. The molecule has 4 nitrogen and oxygen atoms in total. The minimum atomic E-state index is -0.782. The zero-order valence-corrected chi connectivity index (χ0v) is 10.1. The summed E-state index contributed by atoms with van der Waals surface area (Å²) in [6.07, 6.45) is 3.17. The van der Waals surface area contributed by atoms with Gasteiger partial charge in [-0.3, -0.25) is 9.69 Å². The Labute approximate surface area is 96.9 Å². The number of hydrogen-bond donors (Lipinski definition) is 1. The molecule has 0 bridgehead atoms. The number of rotatable bonds is 7. The van der Waals surface area contributed by atoms with Gasteiger partial charge in [0.05, 0.1) is 18.0 Å². The second kappa shape index (κ2) is 5.31. The molecule has 0 saturated heterocycles. The number of nitrogens with zero attached hydrogens (tertiary/aromatic N) is 2. The number of hydrogen-bond acceptors (Lipinski definition) is 3. The molecule has 16 heavy (non-hydrogen) atoms. The topological polar surface area (TPSA) is 64.3 Å². The highest BCUT2D eigenvalue weighted by Gasteiger charge is 2.26. The van der Waals surface area contributed by atoms with Crippen molar-refractivity contribution in [2.75, 3.05) is 19.6 Å². The molecule has 1 N–H and O–H groups in total. The van der Waals surface area contributed by atoms with Gasteiger partial charge in [-0.15, -0.1) is 0 Å². The zero-order chi connectivity index (χ0) is 12.2. The summed E-state index contributed by atoms with van der Waals surface area (Å²) in [5.41, 5.74) is -0.361. The number of carbonyl (C=O) groups is 1. The largest absolute Gasteiger partial charge is 0.480 e. The van der Waals surface area contributed by atoms with Crippen molar-refractivity contribution in [2.24, 2.45) is 11.3 Å². The maximum absolute atomic E-state index is 10.7. The Morgan fingerprint density at radius 3 is 2.62 bits per heavy atom. The van der Waals surface area contributed by atoms with Crippen LogP contribution in [0.15, 0.2) is 0 Å². The summed E-state index contributed by atoms with van der Waals surface area (Å²) >= 11 is 0. The lowest BCUT2D eigenvalue weighted by Gasteiger charge is -2.23. The molecule has 1 fully saturated rings. The Hall–Kier alpha value is -1.08. The maximum atomic E-state index is 10.7. The van der Waals surface area contributed by atoms with Crippen molar-refractivity contribution in [3.05, 3.63) is 0 Å². The predicted octanol–water partition coefficient (Wildman–Crippen LogP) is 1.72. The van der Waals surface area contributed by atoms with E-state index in [4.69, 9.17) is 10.4 Å². The van der Waals surface area contributed by atoms with E-state index in [0.29, 0.717) is 12.5 Å². The van der Waals surface area contributed by atoms with Gasteiger partial charge in [0, 0.05) is 13.1 Å². The standard InChI is InChI=1S/C12H20N2O2/c1-12(2,9-13)5-6-14(8-11(15)16)7-10-3-4-10/h10H,3-8H2,1-2H3,(H,15,16). The van der Waals surface area contributed by atoms with Gasteiger partial charge in [-0.05, 0) is 39.0 Å². The SMILES string of the molecule is CC(C)(C#N)CCN(CC(=O)O)CC1CC1. The monoisotopic (exact) mass is 224 g/mol. The minimum Gasteiger partial charge on any atom is -0.480 e. The number of aliphatic carboxylic acids is 1. The molecule has 0 unspecified atom stereocenters. The van der Waals surface area contributed by atoms with Crippen LogP contribution in [-0.4, -0.2) is 35.6 Å². The van der Waals surface area contributed by atoms with Gasteiger partial charge >= 0.3 is 5.97 Å². The Bertz CT molecular complexity index is 290. The third kappa shape index (κ3) is 5.13. The van der Waals surface area contributed by atoms with Crippen LogP contribution in [0, 0.1) is 22.7 Å². The van der Waals surface area contributed by atoms with Gasteiger partial charge in [-0.2, -0.15) is 5.26 Å². The summed E-state index contributed by atoms with van der Waals surface area (Å²) in [5, 5.41) is 17.7. The summed E-state index contributed by atoms with van der Waals surface area (Å²) in [4.78, 5) is 12.7. The number of carboxylic acid groups (broad SMARTS) is 1. The molecule has 0 aliphatic heterocycles. The van der Waals surface area contributed by atoms with Gasteiger partial charge in [-0.25, -0.2) is 0 Å². The number of carboxylic acids is 1. The molecule has 1 saturated carbocycles. The summed E-state index contributed by atoms with van der Waals surface area (Å²) in [7, 11) is 0. The lowest BCUT2D eigenvalue weighted by molar-refractivity contribution is -0.138. The third-order valence-corrected chi connectivity index (χ3v) is 2.93. The normalized spacial score (nSPS) is 16.1. The predicted molar refractivity (Wildman–Crippen MR) is 60.8 cm³/mol. The molecule has 0 atom stereocenters. The molecule has 90 valence electrons. The molecular formula is C12H20N2O2. The minimum absolute atomic E-state index is 0.0952. The zero-order valence-electron chi connectivity index (χ0n) is 10.1. The molecule has 0 aromatic carbocycles. The van der Waals surface area contributed by atoms with Gasteiger partial charge in [0.2, 0.25) is 0 Å². The molecule has 4 heteroatoms. The van der Waals surface area contributed by atoms with E-state index in [9.17, 15) is 4.79 Å². The molecule has 1 rings (SSSR count). The first-order valence-electron chi connectivity index (χ1n) is 5.78. The van der Waals surface area contributed by atoms with Crippen molar-refractivity contribution in [3.8, 4) is 6.07 Å². The molecule has 1 aliphatic carbocycles. The highest BCUT2D eigenvalue weighted by molar-refractivity contribution is 5.69. The van der Waals surface area contributed by atoms with Crippen molar-refractivity contribution >= 4 is 5.97 Å². The van der Waals surface area contributed by atoms with E-state index in [1.54, 1.807) is 0 Å². The van der Waals surface area contributed by atoms with Crippen LogP contribution < -0.4 is 0 Å². The summed E-state index contributed by atoms with van der Waals surface area (Å²) in [5.74, 6) is -0.0973. The fourth-order valence-electron chi connectivity index (χ4n) is 1.59. The second-order valence-electron chi connectivity index (χ2n) is 5.32. The van der Waals surface area contributed by atoms with Crippen LogP contribution in [0.5, 0.6) is 0 Å². The van der Waals surface area contributed by atoms with Gasteiger partial charge in [0.15, 0.2) is 0 Å². The van der Waals surface area contributed by atoms with Crippen molar-refractivity contribution in [1.29, 1.82) is 5.26 Å². The van der Waals surface area contributed by atoms with Crippen LogP contribution in [0.4, 0.5) is 0 Å². The highest BCUT2D eigenvalue weighted by Crippen LogP contribution is 2.30. The fraction of sp³-hybridized carbons (Fsp3) is 0.833. The van der Waals surface area contributed by atoms with Crippen LogP contribution in [0.3, 0.4) is 0 Å². The van der Waals surface area contributed by atoms with E-state index in [-0.39, 0.29) is 12.0 Å². The Balaban J connectivity index is 2.37. The molecule has 0 heterocycles. The van der Waals surface area contributed by atoms with Crippen LogP contribution in [0.1, 0.15) is 33.1 Å². The van der Waals surface area contributed by atoms with Gasteiger partial charge in [0.1, 0.15) is 0 Å². The molecular weight excluding hydrogens is 204 g/mol. The highest BCUT2D eigenvalue weighted by atomic mass is 16.4. The van der Waals surface area contributed by atoms with E-state index < -0.39 is 5.97 Å². The average molecular weight is 224 g/mol. The summed E-state index contributed by atoms with van der Waals surface area (Å²) < 4.78 is 0. The Kier molecular flexibility index (Phi) is 4.31. The summed E-state index contributed by atoms with van der Waals surface area (Å²) in [6, 6.07) is 2.24. The molecule has 0 aromatic heterocycles. The lowest BCUT2D eigenvalue weighted by Crippen LogP contribution is -2.34. The van der Waals surface area contributed by atoms with E-state index in [2.05, 4.69) is 6.07 Å². The third-order valence-electron chi connectivity index (χ3n) is 2.93. The van der Waals surface area contributed by atoms with Crippen molar-refractivity contribution < 1.29 is 9.90 Å². The fourth-order valence-corrected chi connectivity index (χ4v) is 1.59. The second-order valence-corrected chi connectivity index (χ2v) is 5.32. The van der Waals surface area contributed by atoms with Gasteiger partial charge in [0.25, 0.3) is 0 Å². The van der Waals surface area contributed by atoms with Crippen LogP contribution in [-0.2, 0) is 4.79 Å². The van der Waals surface area contributed by atoms with Gasteiger partial charge in [-0.1, -0.05) is 0 Å².